The summed E-state index contributed by atoms with van der Waals surface area (Å²) in [6.07, 6.45) is 4.33. The van der Waals surface area contributed by atoms with Gasteiger partial charge in [-0.25, -0.2) is 0 Å². The minimum absolute atomic E-state index is 0.436. The van der Waals surface area contributed by atoms with Crippen molar-refractivity contribution in [3.63, 3.8) is 0 Å². The molecule has 0 aliphatic heterocycles. The Morgan fingerprint density at radius 1 is 1.42 bits per heavy atom. The summed E-state index contributed by atoms with van der Waals surface area (Å²) in [7, 11) is 0. The van der Waals surface area contributed by atoms with Crippen molar-refractivity contribution in [2.75, 3.05) is 19.7 Å². The predicted octanol–water partition coefficient (Wildman–Crippen LogP) is 1.80. The van der Waals surface area contributed by atoms with E-state index in [1.54, 1.807) is 0 Å². The smallest absolute Gasteiger partial charge is 0.0696 e. The first-order valence-electron chi connectivity index (χ1n) is 5.19. The third-order valence-electron chi connectivity index (χ3n) is 2.34. The van der Waals surface area contributed by atoms with Crippen molar-refractivity contribution in [2.45, 2.75) is 39.2 Å². The van der Waals surface area contributed by atoms with Crippen molar-refractivity contribution in [2.24, 2.45) is 5.92 Å². The van der Waals surface area contributed by atoms with Gasteiger partial charge >= 0.3 is 0 Å². The molecule has 1 fully saturated rings. The molecule has 1 N–H and O–H groups in total. The zero-order valence-electron chi connectivity index (χ0n) is 8.31. The van der Waals surface area contributed by atoms with Crippen LogP contribution < -0.4 is 5.32 Å². The van der Waals surface area contributed by atoms with Gasteiger partial charge in [0, 0.05) is 13.2 Å². The van der Waals surface area contributed by atoms with Crippen LogP contribution in [0.1, 0.15) is 33.1 Å². The molecule has 12 heavy (non-hydrogen) atoms. The molecule has 1 unspecified atom stereocenters. The van der Waals surface area contributed by atoms with Gasteiger partial charge in [-0.2, -0.15) is 0 Å². The molecule has 1 aliphatic rings. The Kier molecular flexibility index (Phi) is 4.62. The molecule has 0 radical (unpaired) electrons. The molecule has 1 aliphatic carbocycles. The number of hydrogen-bond donors (Lipinski definition) is 1. The van der Waals surface area contributed by atoms with E-state index in [-0.39, 0.29) is 0 Å². The molecule has 2 nitrogen and oxygen atoms in total. The largest absolute Gasteiger partial charge is 0.377 e. The van der Waals surface area contributed by atoms with Crippen molar-refractivity contribution < 1.29 is 4.74 Å². The number of nitrogens with one attached hydrogen (secondary N) is 1. The van der Waals surface area contributed by atoms with Crippen LogP contribution in [0.5, 0.6) is 0 Å². The zero-order valence-corrected chi connectivity index (χ0v) is 8.31. The first-order valence-corrected chi connectivity index (χ1v) is 5.19. The van der Waals surface area contributed by atoms with Crippen LogP contribution in [0.15, 0.2) is 0 Å². The zero-order chi connectivity index (χ0) is 8.81. The third-order valence-corrected chi connectivity index (χ3v) is 2.34. The average molecular weight is 171 g/mol. The lowest BCUT2D eigenvalue weighted by molar-refractivity contribution is 0.0441. The molecule has 0 amide bonds. The quantitative estimate of drug-likeness (QED) is 0.630. The molecule has 1 rings (SSSR count). The van der Waals surface area contributed by atoms with Gasteiger partial charge in [-0.15, -0.1) is 0 Å². The van der Waals surface area contributed by atoms with Crippen LogP contribution >= 0.6 is 0 Å². The van der Waals surface area contributed by atoms with Crippen LogP contribution in [-0.4, -0.2) is 25.8 Å². The fourth-order valence-electron chi connectivity index (χ4n) is 1.18. The van der Waals surface area contributed by atoms with Gasteiger partial charge in [-0.05, 0) is 31.7 Å². The fourth-order valence-corrected chi connectivity index (χ4v) is 1.18. The van der Waals surface area contributed by atoms with E-state index in [1.807, 2.05) is 0 Å². The maximum Gasteiger partial charge on any atom is 0.0696 e. The van der Waals surface area contributed by atoms with E-state index in [0.29, 0.717) is 6.10 Å². The van der Waals surface area contributed by atoms with Crippen molar-refractivity contribution in [3.05, 3.63) is 0 Å². The van der Waals surface area contributed by atoms with Gasteiger partial charge in [-0.1, -0.05) is 13.8 Å². The lowest BCUT2D eigenvalue weighted by Crippen LogP contribution is -2.29. The Morgan fingerprint density at radius 3 is 2.67 bits per heavy atom. The number of likely N-dealkylation sites (N-methyl/N-ethyl adjacent to an activating group) is 1. The highest BCUT2D eigenvalue weighted by Gasteiger charge is 2.22. The summed E-state index contributed by atoms with van der Waals surface area (Å²) in [5.41, 5.74) is 0. The van der Waals surface area contributed by atoms with Crippen LogP contribution in [0.2, 0.25) is 0 Å². The van der Waals surface area contributed by atoms with E-state index in [1.165, 1.54) is 12.8 Å². The number of ether oxygens (including phenoxy) is 1. The van der Waals surface area contributed by atoms with Gasteiger partial charge in [0.2, 0.25) is 0 Å². The molecule has 0 heterocycles. The lowest BCUT2D eigenvalue weighted by Gasteiger charge is -2.15. The van der Waals surface area contributed by atoms with Crippen LogP contribution in [0.4, 0.5) is 0 Å². The molecule has 0 spiro atoms. The minimum atomic E-state index is 0.436. The van der Waals surface area contributed by atoms with Gasteiger partial charge in [0.25, 0.3) is 0 Å². The monoisotopic (exact) mass is 171 g/mol. The van der Waals surface area contributed by atoms with Gasteiger partial charge in [0.15, 0.2) is 0 Å². The second-order valence-corrected chi connectivity index (χ2v) is 3.61. The van der Waals surface area contributed by atoms with Crippen LogP contribution in [0.25, 0.3) is 0 Å². The predicted molar refractivity (Wildman–Crippen MR) is 51.3 cm³/mol. The number of rotatable bonds is 7. The van der Waals surface area contributed by atoms with Crippen LogP contribution in [-0.2, 0) is 4.74 Å². The van der Waals surface area contributed by atoms with Crippen molar-refractivity contribution in [1.82, 2.24) is 5.32 Å². The fraction of sp³-hybridized carbons (Fsp3) is 1.00. The molecule has 0 aromatic carbocycles. The van der Waals surface area contributed by atoms with E-state index in [0.717, 1.165) is 32.0 Å². The normalized spacial score (nSPS) is 19.5. The summed E-state index contributed by atoms with van der Waals surface area (Å²) < 4.78 is 5.75. The summed E-state index contributed by atoms with van der Waals surface area (Å²) in [4.78, 5) is 0. The Labute approximate surface area is 75.7 Å². The lowest BCUT2D eigenvalue weighted by atomic mass is 10.2. The highest BCUT2D eigenvalue weighted by molar-refractivity contribution is 4.73. The summed E-state index contributed by atoms with van der Waals surface area (Å²) in [6.45, 7) is 7.37. The molecular weight excluding hydrogens is 150 g/mol. The molecule has 0 aromatic rings. The maximum absolute atomic E-state index is 5.75. The third kappa shape index (κ3) is 4.07. The van der Waals surface area contributed by atoms with Crippen molar-refractivity contribution >= 4 is 0 Å². The maximum atomic E-state index is 5.75. The summed E-state index contributed by atoms with van der Waals surface area (Å²) in [6, 6.07) is 0. The molecule has 1 saturated carbocycles. The number of hydrogen-bond acceptors (Lipinski definition) is 2. The summed E-state index contributed by atoms with van der Waals surface area (Å²) >= 11 is 0. The Bertz CT molecular complexity index is 112. The molecule has 0 saturated heterocycles. The van der Waals surface area contributed by atoms with Gasteiger partial charge in [-0.3, -0.25) is 0 Å². The first kappa shape index (κ1) is 10.0. The minimum Gasteiger partial charge on any atom is -0.377 e. The van der Waals surface area contributed by atoms with E-state index in [2.05, 4.69) is 19.2 Å². The molecule has 1 atom stereocenters. The standard InChI is InChI=1S/C10H21NO/c1-3-10(7-11-4-2)12-8-9-5-6-9/h9-11H,3-8H2,1-2H3. The van der Waals surface area contributed by atoms with Crippen molar-refractivity contribution in [3.8, 4) is 0 Å². The van der Waals surface area contributed by atoms with Gasteiger partial charge in [0.1, 0.15) is 0 Å². The van der Waals surface area contributed by atoms with Crippen LogP contribution in [0.3, 0.4) is 0 Å². The molecule has 72 valence electrons. The Morgan fingerprint density at radius 2 is 2.17 bits per heavy atom. The van der Waals surface area contributed by atoms with E-state index >= 15 is 0 Å². The summed E-state index contributed by atoms with van der Waals surface area (Å²) in [5, 5.41) is 3.32. The topological polar surface area (TPSA) is 21.3 Å². The molecular formula is C10H21NO. The second kappa shape index (κ2) is 5.55. The van der Waals surface area contributed by atoms with Crippen molar-refractivity contribution in [1.29, 1.82) is 0 Å². The van der Waals surface area contributed by atoms with Crippen LogP contribution in [0, 0.1) is 5.92 Å². The van der Waals surface area contributed by atoms with E-state index < -0.39 is 0 Å². The summed E-state index contributed by atoms with van der Waals surface area (Å²) in [5.74, 6) is 0.890. The Balaban J connectivity index is 1.98. The molecule has 0 aromatic heterocycles. The van der Waals surface area contributed by atoms with E-state index in [4.69, 9.17) is 4.74 Å². The Hall–Kier alpha value is -0.0800. The second-order valence-electron chi connectivity index (χ2n) is 3.61. The van der Waals surface area contributed by atoms with Gasteiger partial charge in [0.05, 0.1) is 6.10 Å². The molecule has 2 heteroatoms. The SMILES string of the molecule is CCNCC(CC)OCC1CC1. The van der Waals surface area contributed by atoms with E-state index in [9.17, 15) is 0 Å². The van der Waals surface area contributed by atoms with Gasteiger partial charge < -0.3 is 10.1 Å². The highest BCUT2D eigenvalue weighted by atomic mass is 16.5. The highest BCUT2D eigenvalue weighted by Crippen LogP contribution is 2.29. The first-order chi connectivity index (χ1) is 5.86. The molecule has 0 bridgehead atoms. The average Bonchev–Trinajstić information content (AvgIpc) is 2.89.